The maximum atomic E-state index is 13.7. The van der Waals surface area contributed by atoms with Crippen LogP contribution < -0.4 is 0 Å². The molecule has 0 amide bonds. The number of nitrogens with zero attached hydrogens (tertiary/aromatic N) is 2. The molecule has 0 saturated carbocycles. The Morgan fingerprint density at radius 2 is 1.95 bits per heavy atom. The standard InChI is InChI=1S/C14H13ClF2N2OS/c1-14(2,3)21(20)18-7-8-4-10-11(17)5-9(16)6-12(10)19-13(8)15/h4-7H,1-3H3/b18-7+/t21-/m1/s1. The van der Waals surface area contributed by atoms with Crippen molar-refractivity contribution in [3.8, 4) is 0 Å². The summed E-state index contributed by atoms with van der Waals surface area (Å²) in [6, 6.07) is 3.27. The third kappa shape index (κ3) is 3.70. The number of hydrogen-bond acceptors (Lipinski definition) is 3. The van der Waals surface area contributed by atoms with E-state index in [1.807, 2.05) is 0 Å². The fourth-order valence-electron chi connectivity index (χ4n) is 1.55. The molecule has 2 rings (SSSR count). The molecule has 1 atom stereocenters. The Kier molecular flexibility index (Phi) is 4.51. The normalized spacial score (nSPS) is 14.0. The molecule has 1 aromatic heterocycles. The first-order valence-electron chi connectivity index (χ1n) is 6.10. The molecule has 0 N–H and O–H groups in total. The first-order valence-corrected chi connectivity index (χ1v) is 7.58. The van der Waals surface area contributed by atoms with Crippen molar-refractivity contribution in [3.05, 3.63) is 40.6 Å². The van der Waals surface area contributed by atoms with Gasteiger partial charge in [0.1, 0.15) is 32.9 Å². The summed E-state index contributed by atoms with van der Waals surface area (Å²) < 4.78 is 42.1. The number of aromatic nitrogens is 1. The van der Waals surface area contributed by atoms with Crippen LogP contribution in [0.3, 0.4) is 0 Å². The Morgan fingerprint density at radius 3 is 2.57 bits per heavy atom. The van der Waals surface area contributed by atoms with Crippen LogP contribution in [0.2, 0.25) is 5.15 Å². The van der Waals surface area contributed by atoms with Crippen LogP contribution in [0.5, 0.6) is 0 Å². The second kappa shape index (κ2) is 5.87. The van der Waals surface area contributed by atoms with E-state index in [2.05, 4.69) is 9.38 Å². The van der Waals surface area contributed by atoms with Crippen LogP contribution in [-0.4, -0.2) is 20.5 Å². The van der Waals surface area contributed by atoms with E-state index in [0.29, 0.717) is 5.56 Å². The van der Waals surface area contributed by atoms with E-state index in [1.165, 1.54) is 12.3 Å². The molecule has 2 aromatic rings. The summed E-state index contributed by atoms with van der Waals surface area (Å²) in [5, 5.41) is 0.172. The Labute approximate surface area is 129 Å². The SMILES string of the molecule is CC(C)(C)[S@@+]([O-])/N=C/c1cc2c(F)cc(F)cc2nc1Cl. The monoisotopic (exact) mass is 330 g/mol. The average molecular weight is 331 g/mol. The molecule has 7 heteroatoms. The van der Waals surface area contributed by atoms with Gasteiger partial charge in [0.2, 0.25) is 0 Å². The number of hydrogen-bond donors (Lipinski definition) is 0. The minimum Gasteiger partial charge on any atom is -0.591 e. The van der Waals surface area contributed by atoms with Gasteiger partial charge in [-0.3, -0.25) is 0 Å². The van der Waals surface area contributed by atoms with E-state index in [9.17, 15) is 13.3 Å². The van der Waals surface area contributed by atoms with Gasteiger partial charge in [-0.05, 0) is 26.8 Å². The van der Waals surface area contributed by atoms with Gasteiger partial charge in [0, 0.05) is 23.1 Å². The molecule has 0 saturated heterocycles. The van der Waals surface area contributed by atoms with Crippen LogP contribution in [0.1, 0.15) is 26.3 Å². The van der Waals surface area contributed by atoms with Crippen molar-refractivity contribution in [3.63, 3.8) is 0 Å². The maximum Gasteiger partial charge on any atom is 0.144 e. The molecule has 0 spiro atoms. The lowest BCUT2D eigenvalue weighted by atomic mass is 10.1. The van der Waals surface area contributed by atoms with Crippen LogP contribution in [0.25, 0.3) is 10.9 Å². The Hall–Kier alpha value is -1.24. The van der Waals surface area contributed by atoms with Crippen molar-refractivity contribution in [2.24, 2.45) is 4.40 Å². The van der Waals surface area contributed by atoms with Gasteiger partial charge in [-0.15, -0.1) is 0 Å². The zero-order chi connectivity index (χ0) is 15.8. The van der Waals surface area contributed by atoms with E-state index < -0.39 is 27.7 Å². The molecule has 0 aliphatic heterocycles. The molecule has 21 heavy (non-hydrogen) atoms. The Bertz CT molecular complexity index is 716. The molecule has 112 valence electrons. The van der Waals surface area contributed by atoms with Gasteiger partial charge in [0.05, 0.1) is 11.7 Å². The predicted molar refractivity (Wildman–Crippen MR) is 82.2 cm³/mol. The largest absolute Gasteiger partial charge is 0.591 e. The highest BCUT2D eigenvalue weighted by molar-refractivity contribution is 7.91. The van der Waals surface area contributed by atoms with Gasteiger partial charge in [-0.2, -0.15) is 0 Å². The quantitative estimate of drug-likeness (QED) is 0.474. The van der Waals surface area contributed by atoms with E-state index in [4.69, 9.17) is 11.6 Å². The zero-order valence-electron chi connectivity index (χ0n) is 11.7. The van der Waals surface area contributed by atoms with Crippen molar-refractivity contribution < 1.29 is 13.3 Å². The lowest BCUT2D eigenvalue weighted by molar-refractivity contribution is 0.562. The van der Waals surface area contributed by atoms with E-state index in [-0.39, 0.29) is 16.1 Å². The zero-order valence-corrected chi connectivity index (χ0v) is 13.2. The summed E-state index contributed by atoms with van der Waals surface area (Å²) in [4.78, 5) is 3.93. The Morgan fingerprint density at radius 1 is 1.29 bits per heavy atom. The number of pyridine rings is 1. The highest BCUT2D eigenvalue weighted by atomic mass is 35.5. The smallest absolute Gasteiger partial charge is 0.144 e. The van der Waals surface area contributed by atoms with Crippen molar-refractivity contribution in [2.45, 2.75) is 25.5 Å². The summed E-state index contributed by atoms with van der Waals surface area (Å²) >= 11 is 4.50. The topological polar surface area (TPSA) is 48.3 Å². The molecule has 0 unspecified atom stereocenters. The predicted octanol–water partition coefficient (Wildman–Crippen LogP) is 4.05. The lowest BCUT2D eigenvalue weighted by Crippen LogP contribution is -2.25. The van der Waals surface area contributed by atoms with Crippen LogP contribution in [0.4, 0.5) is 8.78 Å². The van der Waals surface area contributed by atoms with Gasteiger partial charge in [0.15, 0.2) is 0 Å². The Balaban J connectivity index is 2.46. The fourth-order valence-corrected chi connectivity index (χ4v) is 2.27. The highest BCUT2D eigenvalue weighted by Gasteiger charge is 2.26. The molecule has 0 bridgehead atoms. The molecule has 0 aliphatic rings. The van der Waals surface area contributed by atoms with Crippen molar-refractivity contribution in [1.82, 2.24) is 4.98 Å². The second-order valence-electron chi connectivity index (χ2n) is 5.42. The van der Waals surface area contributed by atoms with Gasteiger partial charge in [-0.1, -0.05) is 16.0 Å². The molecule has 0 radical (unpaired) electrons. The van der Waals surface area contributed by atoms with Crippen LogP contribution in [0.15, 0.2) is 22.6 Å². The summed E-state index contributed by atoms with van der Waals surface area (Å²) in [6.45, 7) is 5.34. The van der Waals surface area contributed by atoms with Crippen LogP contribution in [-0.2, 0) is 11.4 Å². The molecule has 1 heterocycles. The number of fused-ring (bicyclic) bond motifs is 1. The van der Waals surface area contributed by atoms with Crippen molar-refractivity contribution in [1.29, 1.82) is 0 Å². The molecule has 1 aromatic carbocycles. The summed E-state index contributed by atoms with van der Waals surface area (Å²) in [5.74, 6) is -1.46. The summed E-state index contributed by atoms with van der Waals surface area (Å²) in [5.41, 5.74) is 0.443. The number of rotatable bonds is 2. The van der Waals surface area contributed by atoms with Gasteiger partial charge >= 0.3 is 0 Å². The number of halogens is 3. The summed E-state index contributed by atoms with van der Waals surface area (Å²) in [6.07, 6.45) is 1.29. The maximum absolute atomic E-state index is 13.7. The minimum atomic E-state index is -1.46. The summed E-state index contributed by atoms with van der Waals surface area (Å²) in [7, 11) is 0. The lowest BCUT2D eigenvalue weighted by Gasteiger charge is -2.17. The highest BCUT2D eigenvalue weighted by Crippen LogP contribution is 2.24. The first kappa shape index (κ1) is 16.1. The van der Waals surface area contributed by atoms with Crippen molar-refractivity contribution >= 4 is 40.1 Å². The van der Waals surface area contributed by atoms with E-state index in [0.717, 1.165) is 12.1 Å². The third-order valence-electron chi connectivity index (χ3n) is 2.64. The first-order chi connectivity index (χ1) is 9.68. The fraction of sp³-hybridized carbons (Fsp3) is 0.286. The molecule has 0 aliphatic carbocycles. The molecular formula is C14H13ClF2N2OS. The van der Waals surface area contributed by atoms with Gasteiger partial charge < -0.3 is 4.55 Å². The number of benzene rings is 1. The molecular weight excluding hydrogens is 318 g/mol. The minimum absolute atomic E-state index is 0.0437. The second-order valence-corrected chi connectivity index (χ2v) is 7.71. The van der Waals surface area contributed by atoms with E-state index in [1.54, 1.807) is 20.8 Å². The van der Waals surface area contributed by atoms with Gasteiger partial charge in [0.25, 0.3) is 0 Å². The van der Waals surface area contributed by atoms with Crippen LogP contribution in [0, 0.1) is 11.6 Å². The molecule has 3 nitrogen and oxygen atoms in total. The molecule has 0 fully saturated rings. The van der Waals surface area contributed by atoms with Crippen molar-refractivity contribution in [2.75, 3.05) is 0 Å². The van der Waals surface area contributed by atoms with Crippen LogP contribution >= 0.6 is 11.6 Å². The van der Waals surface area contributed by atoms with E-state index >= 15 is 0 Å². The average Bonchev–Trinajstić information content (AvgIpc) is 2.34. The third-order valence-corrected chi connectivity index (χ3v) is 4.29. The van der Waals surface area contributed by atoms with Gasteiger partial charge in [-0.25, -0.2) is 13.8 Å².